The van der Waals surface area contributed by atoms with Gasteiger partial charge in [0.05, 0.1) is 9.16 Å². The highest BCUT2D eigenvalue weighted by molar-refractivity contribution is 9.11. The molecule has 5 heteroatoms. The molecule has 18 heavy (non-hydrogen) atoms. The lowest BCUT2D eigenvalue weighted by molar-refractivity contribution is 0.607. The molecule has 2 aromatic rings. The van der Waals surface area contributed by atoms with Crippen molar-refractivity contribution in [2.75, 3.05) is 0 Å². The molecule has 0 amide bonds. The van der Waals surface area contributed by atoms with Crippen LogP contribution in [0.15, 0.2) is 28.1 Å². The fourth-order valence-electron chi connectivity index (χ4n) is 1.79. The minimum atomic E-state index is -0.305. The summed E-state index contributed by atoms with van der Waals surface area (Å²) in [5, 5.41) is 0.148. The van der Waals surface area contributed by atoms with Crippen LogP contribution in [0.5, 0.6) is 0 Å². The van der Waals surface area contributed by atoms with Crippen molar-refractivity contribution in [2.45, 2.75) is 18.7 Å². The van der Waals surface area contributed by atoms with Crippen LogP contribution in [-0.2, 0) is 6.42 Å². The van der Waals surface area contributed by atoms with Crippen LogP contribution in [0.3, 0.4) is 0 Å². The van der Waals surface area contributed by atoms with Crippen molar-refractivity contribution in [2.24, 2.45) is 0 Å². The molecule has 1 aromatic carbocycles. The second-order valence-electron chi connectivity index (χ2n) is 3.93. The van der Waals surface area contributed by atoms with Crippen molar-refractivity contribution in [3.63, 3.8) is 0 Å². The molecule has 0 saturated heterocycles. The van der Waals surface area contributed by atoms with Gasteiger partial charge in [0.2, 0.25) is 0 Å². The Balaban J connectivity index is 2.26. The maximum atomic E-state index is 13.7. The summed E-state index contributed by atoms with van der Waals surface area (Å²) in [6, 6.07) is 6.66. The van der Waals surface area contributed by atoms with Gasteiger partial charge < -0.3 is 0 Å². The molecular weight excluding hydrogens is 358 g/mol. The second-order valence-corrected chi connectivity index (χ2v) is 7.50. The van der Waals surface area contributed by atoms with Gasteiger partial charge in [0, 0.05) is 15.5 Å². The van der Waals surface area contributed by atoms with Gasteiger partial charge in [-0.3, -0.25) is 0 Å². The van der Waals surface area contributed by atoms with Crippen molar-refractivity contribution >= 4 is 50.5 Å². The molecule has 0 aliphatic heterocycles. The summed E-state index contributed by atoms with van der Waals surface area (Å²) in [4.78, 5) is 1.13. The van der Waals surface area contributed by atoms with Crippen LogP contribution in [0.1, 0.15) is 21.4 Å². The number of halogens is 4. The lowest BCUT2D eigenvalue weighted by Crippen LogP contribution is -1.99. The Kier molecular flexibility index (Phi) is 4.70. The molecule has 0 fully saturated rings. The number of alkyl halides is 1. The van der Waals surface area contributed by atoms with Crippen molar-refractivity contribution in [3.8, 4) is 0 Å². The topological polar surface area (TPSA) is 0 Å². The first kappa shape index (κ1) is 14.3. The third-order valence-electron chi connectivity index (χ3n) is 2.71. The van der Waals surface area contributed by atoms with Crippen LogP contribution >= 0.6 is 50.5 Å². The largest absolute Gasteiger partial charge is 0.207 e. The zero-order valence-electron chi connectivity index (χ0n) is 9.51. The lowest BCUT2D eigenvalue weighted by Gasteiger charge is -2.11. The van der Waals surface area contributed by atoms with Crippen molar-refractivity contribution < 1.29 is 4.39 Å². The highest BCUT2D eigenvalue weighted by Crippen LogP contribution is 2.36. The summed E-state index contributed by atoms with van der Waals surface area (Å²) in [5.74, 6) is -0.305. The number of hydrogen-bond acceptors (Lipinski definition) is 1. The molecule has 0 aliphatic rings. The third-order valence-corrected chi connectivity index (χ3v) is 5.02. The molecule has 0 bridgehead atoms. The van der Waals surface area contributed by atoms with E-state index in [4.69, 9.17) is 23.2 Å². The summed E-state index contributed by atoms with van der Waals surface area (Å²) in [7, 11) is 0. The summed E-state index contributed by atoms with van der Waals surface area (Å²) < 4.78 is 14.7. The van der Waals surface area contributed by atoms with Gasteiger partial charge in [-0.05, 0) is 53.0 Å². The summed E-state index contributed by atoms with van der Waals surface area (Å²) in [6.45, 7) is 2.00. The van der Waals surface area contributed by atoms with Gasteiger partial charge in [-0.15, -0.1) is 22.9 Å². The van der Waals surface area contributed by atoms with E-state index in [1.807, 2.05) is 13.0 Å². The zero-order valence-corrected chi connectivity index (χ0v) is 13.4. The molecule has 1 atom stereocenters. The monoisotopic (exact) mass is 366 g/mol. The van der Waals surface area contributed by atoms with Crippen molar-refractivity contribution in [1.29, 1.82) is 0 Å². The van der Waals surface area contributed by atoms with E-state index in [2.05, 4.69) is 15.9 Å². The molecule has 1 aromatic heterocycles. The molecule has 1 unspecified atom stereocenters. The molecule has 0 aliphatic carbocycles. The predicted molar refractivity (Wildman–Crippen MR) is 80.5 cm³/mol. The van der Waals surface area contributed by atoms with Crippen LogP contribution in [-0.4, -0.2) is 0 Å². The number of thiophene rings is 1. The second kappa shape index (κ2) is 5.91. The molecule has 0 N–H and O–H groups in total. The molecule has 1 heterocycles. The van der Waals surface area contributed by atoms with E-state index in [9.17, 15) is 4.39 Å². The highest BCUT2D eigenvalue weighted by Gasteiger charge is 2.17. The number of hydrogen-bond donors (Lipinski definition) is 0. The van der Waals surface area contributed by atoms with E-state index in [1.54, 1.807) is 23.5 Å². The normalized spacial score (nSPS) is 12.7. The average Bonchev–Trinajstić information content (AvgIpc) is 2.63. The number of aryl methyl sites for hydroxylation is 1. The number of benzene rings is 1. The Labute approximate surface area is 128 Å². The van der Waals surface area contributed by atoms with E-state index < -0.39 is 0 Å². The predicted octanol–water partition coefficient (Wildman–Crippen LogP) is 6.13. The van der Waals surface area contributed by atoms with Crippen molar-refractivity contribution in [3.05, 3.63) is 54.9 Å². The highest BCUT2D eigenvalue weighted by atomic mass is 79.9. The first-order valence-electron chi connectivity index (χ1n) is 5.32. The summed E-state index contributed by atoms with van der Waals surface area (Å²) in [5.41, 5.74) is 1.49. The van der Waals surface area contributed by atoms with Gasteiger partial charge in [0.1, 0.15) is 5.82 Å². The van der Waals surface area contributed by atoms with Crippen LogP contribution in [0.2, 0.25) is 5.02 Å². The minimum absolute atomic E-state index is 0.276. The Morgan fingerprint density at radius 1 is 1.44 bits per heavy atom. The molecule has 0 saturated carbocycles. The van der Waals surface area contributed by atoms with E-state index in [0.29, 0.717) is 17.0 Å². The van der Waals surface area contributed by atoms with Gasteiger partial charge in [-0.1, -0.05) is 17.7 Å². The fraction of sp³-hybridized carbons (Fsp3) is 0.231. The zero-order chi connectivity index (χ0) is 13.3. The molecule has 0 radical (unpaired) electrons. The Bertz CT molecular complexity index is 548. The van der Waals surface area contributed by atoms with E-state index in [0.717, 1.165) is 14.2 Å². The van der Waals surface area contributed by atoms with Gasteiger partial charge >= 0.3 is 0 Å². The number of rotatable bonds is 3. The van der Waals surface area contributed by atoms with Crippen LogP contribution < -0.4 is 0 Å². The maximum absolute atomic E-state index is 13.7. The minimum Gasteiger partial charge on any atom is -0.207 e. The Morgan fingerprint density at radius 2 is 2.17 bits per heavy atom. The van der Waals surface area contributed by atoms with Gasteiger partial charge in [-0.25, -0.2) is 4.39 Å². The average molecular weight is 368 g/mol. The summed E-state index contributed by atoms with van der Waals surface area (Å²) >= 11 is 17.4. The fourth-order valence-corrected chi connectivity index (χ4v) is 4.24. The molecule has 96 valence electrons. The summed E-state index contributed by atoms with van der Waals surface area (Å²) in [6.07, 6.45) is 0.386. The van der Waals surface area contributed by atoms with Crippen LogP contribution in [0, 0.1) is 12.7 Å². The van der Waals surface area contributed by atoms with E-state index >= 15 is 0 Å². The third kappa shape index (κ3) is 3.08. The molecule has 2 rings (SSSR count). The lowest BCUT2D eigenvalue weighted by atomic mass is 10.0. The first-order chi connectivity index (χ1) is 8.49. The Hall–Kier alpha value is -0.0900. The molecular formula is C13H10BrCl2FS. The molecule has 0 nitrogen and oxygen atoms in total. The maximum Gasteiger partial charge on any atom is 0.127 e. The smallest absolute Gasteiger partial charge is 0.127 e. The standard InChI is InChI=1S/C13H10BrCl2FS/c1-7-8(6-13(14)18-7)11(16)5-9-10(15)3-2-4-12(9)17/h2-4,6,11H,5H2,1H3. The van der Waals surface area contributed by atoms with Crippen LogP contribution in [0.25, 0.3) is 0 Å². The van der Waals surface area contributed by atoms with Gasteiger partial charge in [0.15, 0.2) is 0 Å². The molecule has 0 spiro atoms. The van der Waals surface area contributed by atoms with Crippen LogP contribution in [0.4, 0.5) is 4.39 Å². The van der Waals surface area contributed by atoms with E-state index in [1.165, 1.54) is 6.07 Å². The first-order valence-corrected chi connectivity index (χ1v) is 7.74. The van der Waals surface area contributed by atoms with Crippen molar-refractivity contribution in [1.82, 2.24) is 0 Å². The quantitative estimate of drug-likeness (QED) is 0.572. The SMILES string of the molecule is Cc1sc(Br)cc1C(Cl)Cc1c(F)cccc1Cl. The Morgan fingerprint density at radius 3 is 2.72 bits per heavy atom. The van der Waals surface area contributed by atoms with Gasteiger partial charge in [0.25, 0.3) is 0 Å². The van der Waals surface area contributed by atoms with E-state index in [-0.39, 0.29) is 11.2 Å². The van der Waals surface area contributed by atoms with Gasteiger partial charge in [-0.2, -0.15) is 0 Å².